The summed E-state index contributed by atoms with van der Waals surface area (Å²) in [5.74, 6) is 5.50. The van der Waals surface area contributed by atoms with E-state index in [1.165, 1.54) is 12.1 Å². The Bertz CT molecular complexity index is 1170. The number of hydrogen-bond donors (Lipinski definition) is 4. The number of piperazine rings is 1. The van der Waals surface area contributed by atoms with E-state index in [0.29, 0.717) is 40.2 Å². The second kappa shape index (κ2) is 9.08. The van der Waals surface area contributed by atoms with Crippen molar-refractivity contribution in [2.75, 3.05) is 48.2 Å². The van der Waals surface area contributed by atoms with Crippen molar-refractivity contribution in [2.45, 2.75) is 25.9 Å². The van der Waals surface area contributed by atoms with Crippen LogP contribution in [0.3, 0.4) is 0 Å². The molecule has 10 nitrogen and oxygen atoms in total. The van der Waals surface area contributed by atoms with Gasteiger partial charge in [0.25, 0.3) is 5.91 Å². The Hall–Kier alpha value is -3.63. The van der Waals surface area contributed by atoms with Crippen LogP contribution in [0.25, 0.3) is 10.9 Å². The second-order valence-electron chi connectivity index (χ2n) is 8.43. The van der Waals surface area contributed by atoms with Crippen molar-refractivity contribution < 1.29 is 9.53 Å². The molecular formula is C23H30N8O2. The summed E-state index contributed by atoms with van der Waals surface area (Å²) in [6.07, 6.45) is 1.71. The van der Waals surface area contributed by atoms with Gasteiger partial charge < -0.3 is 31.0 Å². The number of carbonyl (C=O) groups excluding carboxylic acids is 1. The number of methoxy groups -OCH3 is 1. The zero-order chi connectivity index (χ0) is 23.7. The van der Waals surface area contributed by atoms with Gasteiger partial charge in [-0.1, -0.05) is 6.07 Å². The number of benzene rings is 2. The summed E-state index contributed by atoms with van der Waals surface area (Å²) in [4.78, 5) is 24.4. The van der Waals surface area contributed by atoms with Gasteiger partial charge >= 0.3 is 6.01 Å². The molecule has 1 aliphatic rings. The summed E-state index contributed by atoms with van der Waals surface area (Å²) >= 11 is 0. The molecule has 1 aromatic heterocycles. The Morgan fingerprint density at radius 3 is 2.64 bits per heavy atom. The summed E-state index contributed by atoms with van der Waals surface area (Å²) in [6, 6.07) is 9.89. The van der Waals surface area contributed by atoms with Crippen LogP contribution in [-0.2, 0) is 0 Å². The van der Waals surface area contributed by atoms with Crippen molar-refractivity contribution in [3.63, 3.8) is 0 Å². The van der Waals surface area contributed by atoms with Crippen LogP contribution in [0, 0.1) is 0 Å². The molecule has 1 fully saturated rings. The van der Waals surface area contributed by atoms with Crippen molar-refractivity contribution in [1.82, 2.24) is 15.3 Å². The molecule has 0 bridgehead atoms. The summed E-state index contributed by atoms with van der Waals surface area (Å²) in [7, 11) is 3.19. The van der Waals surface area contributed by atoms with Crippen molar-refractivity contribution >= 4 is 39.6 Å². The highest BCUT2D eigenvalue weighted by molar-refractivity contribution is 6.15. The first-order valence-corrected chi connectivity index (χ1v) is 10.8. The molecule has 33 heavy (non-hydrogen) atoms. The summed E-state index contributed by atoms with van der Waals surface area (Å²) in [5.41, 5.74) is 9.58. The SMILES string of the molecule is COc1ncc2c(N3CC(C)NC(C)C3)ccc(C(=O)Nc3cccc(N(C)N)c3N)c2n1. The number of nitrogens with one attached hydrogen (secondary N) is 2. The van der Waals surface area contributed by atoms with E-state index in [-0.39, 0.29) is 11.9 Å². The number of amides is 1. The van der Waals surface area contributed by atoms with Gasteiger partial charge in [-0.2, -0.15) is 4.98 Å². The van der Waals surface area contributed by atoms with Crippen LogP contribution in [0.15, 0.2) is 36.5 Å². The summed E-state index contributed by atoms with van der Waals surface area (Å²) in [5, 5.41) is 8.62. The summed E-state index contributed by atoms with van der Waals surface area (Å²) < 4.78 is 5.24. The molecule has 1 saturated heterocycles. The highest BCUT2D eigenvalue weighted by Crippen LogP contribution is 2.32. The lowest BCUT2D eigenvalue weighted by Crippen LogP contribution is -2.54. The molecule has 0 saturated carbocycles. The molecule has 10 heteroatoms. The fraction of sp³-hybridized carbons (Fsp3) is 0.348. The molecular weight excluding hydrogens is 420 g/mol. The molecule has 2 unspecified atom stereocenters. The Balaban J connectivity index is 1.75. The molecule has 1 aliphatic heterocycles. The Morgan fingerprint density at radius 2 is 1.97 bits per heavy atom. The third-order valence-corrected chi connectivity index (χ3v) is 5.74. The third-order valence-electron chi connectivity index (χ3n) is 5.74. The van der Waals surface area contributed by atoms with Crippen molar-refractivity contribution in [1.29, 1.82) is 0 Å². The monoisotopic (exact) mass is 450 g/mol. The van der Waals surface area contributed by atoms with E-state index >= 15 is 0 Å². The van der Waals surface area contributed by atoms with Crippen LogP contribution in [0.2, 0.25) is 0 Å². The van der Waals surface area contributed by atoms with Gasteiger partial charge in [-0.15, -0.1) is 0 Å². The van der Waals surface area contributed by atoms with Crippen molar-refractivity contribution in [3.8, 4) is 6.01 Å². The number of ether oxygens (including phenoxy) is 1. The van der Waals surface area contributed by atoms with Gasteiger partial charge in [-0.3, -0.25) is 4.79 Å². The molecule has 2 aromatic carbocycles. The highest BCUT2D eigenvalue weighted by Gasteiger charge is 2.25. The lowest BCUT2D eigenvalue weighted by atomic mass is 10.0. The fourth-order valence-electron chi connectivity index (χ4n) is 4.33. The molecule has 6 N–H and O–H groups in total. The van der Waals surface area contributed by atoms with Crippen molar-refractivity contribution in [2.24, 2.45) is 5.84 Å². The van der Waals surface area contributed by atoms with Gasteiger partial charge in [0.2, 0.25) is 0 Å². The van der Waals surface area contributed by atoms with Crippen LogP contribution in [-0.4, -0.2) is 55.2 Å². The van der Waals surface area contributed by atoms with Gasteiger partial charge in [0.05, 0.1) is 35.3 Å². The minimum Gasteiger partial charge on any atom is -0.467 e. The maximum atomic E-state index is 13.3. The number of aromatic nitrogens is 2. The van der Waals surface area contributed by atoms with Gasteiger partial charge in [-0.05, 0) is 38.1 Å². The predicted octanol–water partition coefficient (Wildman–Crippen LogP) is 1.97. The quantitative estimate of drug-likeness (QED) is 0.261. The molecule has 1 amide bonds. The van der Waals surface area contributed by atoms with Crippen LogP contribution < -0.4 is 36.9 Å². The number of carbonyl (C=O) groups is 1. The molecule has 4 rings (SSSR count). The van der Waals surface area contributed by atoms with E-state index in [0.717, 1.165) is 24.2 Å². The van der Waals surface area contributed by atoms with E-state index in [4.69, 9.17) is 16.3 Å². The number of rotatable bonds is 5. The summed E-state index contributed by atoms with van der Waals surface area (Å²) in [6.45, 7) is 5.99. The zero-order valence-corrected chi connectivity index (χ0v) is 19.3. The van der Waals surface area contributed by atoms with E-state index in [1.807, 2.05) is 6.07 Å². The van der Waals surface area contributed by atoms with Crippen molar-refractivity contribution in [3.05, 3.63) is 42.1 Å². The molecule has 2 heterocycles. The highest BCUT2D eigenvalue weighted by atomic mass is 16.5. The number of para-hydroxylation sites is 1. The number of hydrazine groups is 1. The molecule has 2 atom stereocenters. The minimum absolute atomic E-state index is 0.196. The van der Waals surface area contributed by atoms with Crippen LogP contribution in [0.5, 0.6) is 6.01 Å². The molecule has 0 aliphatic carbocycles. The first kappa shape index (κ1) is 22.6. The first-order chi connectivity index (χ1) is 15.8. The topological polar surface area (TPSA) is 135 Å². The Morgan fingerprint density at radius 1 is 1.24 bits per heavy atom. The molecule has 0 radical (unpaired) electrons. The Labute approximate surface area is 192 Å². The largest absolute Gasteiger partial charge is 0.467 e. The standard InChI is InChI=1S/C23H30N8O2/c1-13-11-31(12-14(2)27-13)18-9-8-15(21-16(18)10-26-23(29-21)33-4)22(32)28-17-6-5-7-19(20(17)24)30(3)25/h5-10,13-14,27H,11-12,24-25H2,1-4H3,(H,28,32). The Kier molecular flexibility index (Phi) is 6.21. The van der Waals surface area contributed by atoms with Gasteiger partial charge in [0.15, 0.2) is 0 Å². The molecule has 0 spiro atoms. The maximum absolute atomic E-state index is 13.3. The first-order valence-electron chi connectivity index (χ1n) is 10.8. The van der Waals surface area contributed by atoms with E-state index in [1.54, 1.807) is 37.5 Å². The smallest absolute Gasteiger partial charge is 0.316 e. The second-order valence-corrected chi connectivity index (χ2v) is 8.43. The number of nitrogen functional groups attached to an aromatic ring is 1. The number of fused-ring (bicyclic) bond motifs is 1. The van der Waals surface area contributed by atoms with E-state index in [2.05, 4.69) is 39.3 Å². The van der Waals surface area contributed by atoms with Crippen LogP contribution >= 0.6 is 0 Å². The van der Waals surface area contributed by atoms with Crippen LogP contribution in [0.4, 0.5) is 22.7 Å². The predicted molar refractivity (Wildman–Crippen MR) is 132 cm³/mol. The lowest BCUT2D eigenvalue weighted by molar-refractivity contribution is 0.102. The van der Waals surface area contributed by atoms with E-state index < -0.39 is 0 Å². The normalized spacial score (nSPS) is 18.3. The third kappa shape index (κ3) is 4.48. The fourth-order valence-corrected chi connectivity index (χ4v) is 4.33. The number of anilines is 4. The average Bonchev–Trinajstić information content (AvgIpc) is 2.78. The van der Waals surface area contributed by atoms with Gasteiger partial charge in [0, 0.05) is 49.5 Å². The van der Waals surface area contributed by atoms with E-state index in [9.17, 15) is 4.79 Å². The maximum Gasteiger partial charge on any atom is 0.316 e. The van der Waals surface area contributed by atoms with Gasteiger partial charge in [-0.25, -0.2) is 10.8 Å². The minimum atomic E-state index is -0.335. The van der Waals surface area contributed by atoms with Gasteiger partial charge in [0.1, 0.15) is 0 Å². The number of nitrogens with zero attached hydrogens (tertiary/aromatic N) is 4. The molecule has 174 valence electrons. The number of hydrogen-bond acceptors (Lipinski definition) is 9. The lowest BCUT2D eigenvalue weighted by Gasteiger charge is -2.38. The number of nitrogens with two attached hydrogens (primary N) is 2. The molecule has 3 aromatic rings. The van der Waals surface area contributed by atoms with Crippen LogP contribution in [0.1, 0.15) is 24.2 Å². The average molecular weight is 451 g/mol. The zero-order valence-electron chi connectivity index (χ0n) is 19.3.